The van der Waals surface area contributed by atoms with Gasteiger partial charge in [-0.2, -0.15) is 0 Å². The summed E-state index contributed by atoms with van der Waals surface area (Å²) < 4.78 is 0. The van der Waals surface area contributed by atoms with Crippen LogP contribution < -0.4 is 16.0 Å². The first-order chi connectivity index (χ1) is 15.4. The summed E-state index contributed by atoms with van der Waals surface area (Å²) in [6.45, 7) is 2.73. The van der Waals surface area contributed by atoms with Crippen molar-refractivity contribution in [3.8, 4) is 11.8 Å². The van der Waals surface area contributed by atoms with Crippen LogP contribution in [0.2, 0.25) is 5.02 Å². The van der Waals surface area contributed by atoms with Gasteiger partial charge < -0.3 is 16.0 Å². The summed E-state index contributed by atoms with van der Waals surface area (Å²) in [5.74, 6) is 6.73. The number of carbonyl (C=O) groups excluding carboxylic acids is 2. The Hall–Kier alpha value is -3.04. The molecule has 2 aliphatic rings. The Balaban J connectivity index is 1.57. The molecule has 2 aliphatic carbocycles. The molecule has 7 heteroatoms. The molecule has 4 rings (SSSR count). The van der Waals surface area contributed by atoms with E-state index in [9.17, 15) is 9.59 Å². The van der Waals surface area contributed by atoms with Crippen molar-refractivity contribution in [2.24, 2.45) is 5.92 Å². The van der Waals surface area contributed by atoms with E-state index in [2.05, 4.69) is 32.8 Å². The van der Waals surface area contributed by atoms with Gasteiger partial charge in [-0.3, -0.25) is 14.6 Å². The van der Waals surface area contributed by atoms with Crippen LogP contribution >= 0.6 is 11.6 Å². The van der Waals surface area contributed by atoms with Crippen LogP contribution in [0, 0.1) is 17.8 Å². The van der Waals surface area contributed by atoms with Crippen LogP contribution in [-0.4, -0.2) is 35.9 Å². The molecular weight excluding hydrogens is 424 g/mol. The van der Waals surface area contributed by atoms with Crippen molar-refractivity contribution >= 4 is 29.1 Å². The Labute approximate surface area is 193 Å². The van der Waals surface area contributed by atoms with Crippen molar-refractivity contribution in [2.45, 2.75) is 44.1 Å². The van der Waals surface area contributed by atoms with Gasteiger partial charge in [-0.05, 0) is 48.9 Å². The molecular formula is C25H27ClN4O2. The van der Waals surface area contributed by atoms with Crippen molar-refractivity contribution in [1.29, 1.82) is 0 Å². The molecule has 1 saturated carbocycles. The van der Waals surface area contributed by atoms with Crippen molar-refractivity contribution in [3.05, 3.63) is 58.9 Å². The van der Waals surface area contributed by atoms with E-state index < -0.39 is 0 Å². The van der Waals surface area contributed by atoms with Crippen molar-refractivity contribution in [1.82, 2.24) is 15.6 Å². The van der Waals surface area contributed by atoms with Crippen LogP contribution in [0.1, 0.15) is 48.5 Å². The van der Waals surface area contributed by atoms with Crippen molar-refractivity contribution < 1.29 is 9.59 Å². The number of rotatable bonds is 8. The van der Waals surface area contributed by atoms with Crippen molar-refractivity contribution in [3.63, 3.8) is 0 Å². The first-order valence-corrected chi connectivity index (χ1v) is 11.3. The van der Waals surface area contributed by atoms with Crippen LogP contribution in [0.4, 0.5) is 5.69 Å². The molecule has 0 unspecified atom stereocenters. The van der Waals surface area contributed by atoms with Gasteiger partial charge in [-0.25, -0.2) is 0 Å². The van der Waals surface area contributed by atoms with Gasteiger partial charge >= 0.3 is 0 Å². The molecule has 6 nitrogen and oxygen atoms in total. The zero-order valence-electron chi connectivity index (χ0n) is 18.1. The van der Waals surface area contributed by atoms with Crippen LogP contribution in [0.15, 0.2) is 42.7 Å². The first-order valence-electron chi connectivity index (χ1n) is 10.9. The first kappa shape index (κ1) is 22.2. The lowest BCUT2D eigenvalue weighted by Crippen LogP contribution is -2.45. The number of anilines is 1. The van der Waals surface area contributed by atoms with Gasteiger partial charge in [0, 0.05) is 49.3 Å². The molecule has 0 radical (unpaired) electrons. The second-order valence-electron chi connectivity index (χ2n) is 8.67. The molecule has 0 spiro atoms. The summed E-state index contributed by atoms with van der Waals surface area (Å²) in [6, 6.07) is 9.34. The molecule has 0 saturated heterocycles. The quantitative estimate of drug-likeness (QED) is 0.537. The minimum absolute atomic E-state index is 0.108. The van der Waals surface area contributed by atoms with E-state index in [1.165, 1.54) is 19.8 Å². The fourth-order valence-electron chi connectivity index (χ4n) is 4.11. The molecule has 1 heterocycles. The number of benzene rings is 1. The molecule has 0 bridgehead atoms. The Morgan fingerprint density at radius 2 is 2.12 bits per heavy atom. The number of pyridine rings is 1. The molecule has 3 N–H and O–H groups in total. The lowest BCUT2D eigenvalue weighted by molar-refractivity contribution is -0.119. The number of nitrogens with zero attached hydrogens (tertiary/aromatic N) is 1. The molecule has 1 aromatic heterocycles. The minimum Gasteiger partial charge on any atom is -0.383 e. The standard InChI is InChI=1S/C25H27ClN4O2/c1-17(31)30-21-6-3-10-25(13-21,19-4-2-5-20(26)12-19)16-29-23-9-11-27-15-22(23)24(32)28-14-18-7-8-18/h2,4-5,9,11-12,15,18,21H,7-8,10,13-14,16H2,1H3,(H,27,29)(H,28,32)(H,30,31)/t21-,25+/m1/s1. The highest BCUT2D eigenvalue weighted by molar-refractivity contribution is 6.30. The number of amides is 2. The summed E-state index contributed by atoms with van der Waals surface area (Å²) in [7, 11) is 0. The summed E-state index contributed by atoms with van der Waals surface area (Å²) >= 11 is 6.31. The number of halogens is 1. The van der Waals surface area contributed by atoms with E-state index in [0.29, 0.717) is 42.4 Å². The van der Waals surface area contributed by atoms with Gasteiger partial charge in [0.2, 0.25) is 5.91 Å². The third kappa shape index (κ3) is 5.41. The zero-order chi connectivity index (χ0) is 22.6. The van der Waals surface area contributed by atoms with E-state index in [1.54, 1.807) is 12.4 Å². The lowest BCUT2D eigenvalue weighted by Gasteiger charge is -2.37. The van der Waals surface area contributed by atoms with Gasteiger partial charge in [-0.1, -0.05) is 29.7 Å². The van der Waals surface area contributed by atoms with E-state index in [-0.39, 0.29) is 23.3 Å². The van der Waals surface area contributed by atoms with Crippen LogP contribution in [0.3, 0.4) is 0 Å². The topological polar surface area (TPSA) is 83.1 Å². The molecule has 2 atom stereocenters. The highest BCUT2D eigenvalue weighted by Gasteiger charge is 2.37. The lowest BCUT2D eigenvalue weighted by atomic mass is 9.71. The molecule has 32 heavy (non-hydrogen) atoms. The molecule has 166 valence electrons. The number of nitrogens with one attached hydrogen (secondary N) is 3. The van der Waals surface area contributed by atoms with E-state index >= 15 is 0 Å². The van der Waals surface area contributed by atoms with E-state index in [4.69, 9.17) is 11.6 Å². The normalized spacial score (nSPS) is 21.8. The zero-order valence-corrected chi connectivity index (χ0v) is 18.8. The van der Waals surface area contributed by atoms with Gasteiger partial charge in [-0.15, -0.1) is 5.92 Å². The third-order valence-corrected chi connectivity index (χ3v) is 6.28. The summed E-state index contributed by atoms with van der Waals surface area (Å²) in [5, 5.41) is 10.1. The van der Waals surface area contributed by atoms with Crippen LogP contribution in [0.25, 0.3) is 0 Å². The smallest absolute Gasteiger partial charge is 0.254 e. The van der Waals surface area contributed by atoms with Crippen LogP contribution in [0.5, 0.6) is 0 Å². The van der Waals surface area contributed by atoms with E-state index in [1.807, 2.05) is 30.3 Å². The molecule has 1 aromatic carbocycles. The predicted octanol–water partition coefficient (Wildman–Crippen LogP) is 3.53. The summed E-state index contributed by atoms with van der Waals surface area (Å²) in [6.07, 6.45) is 6.88. The highest BCUT2D eigenvalue weighted by atomic mass is 35.5. The number of carbonyl (C=O) groups is 2. The Morgan fingerprint density at radius 3 is 2.88 bits per heavy atom. The molecule has 2 aromatic rings. The second-order valence-corrected chi connectivity index (χ2v) is 9.11. The van der Waals surface area contributed by atoms with Gasteiger partial charge in [0.05, 0.1) is 17.3 Å². The minimum atomic E-state index is -0.381. The molecule has 2 amide bonds. The van der Waals surface area contributed by atoms with Gasteiger partial charge in [0.15, 0.2) is 0 Å². The second kappa shape index (κ2) is 9.62. The number of hydrogen-bond acceptors (Lipinski definition) is 4. The average molecular weight is 451 g/mol. The fraction of sp³-hybridized carbons (Fsp3) is 0.400. The Morgan fingerprint density at radius 1 is 1.28 bits per heavy atom. The van der Waals surface area contributed by atoms with Gasteiger partial charge in [0.1, 0.15) is 0 Å². The molecule has 1 fully saturated rings. The fourth-order valence-corrected chi connectivity index (χ4v) is 4.30. The number of aromatic nitrogens is 1. The summed E-state index contributed by atoms with van der Waals surface area (Å²) in [4.78, 5) is 28.5. The van der Waals surface area contributed by atoms with E-state index in [0.717, 1.165) is 11.3 Å². The van der Waals surface area contributed by atoms with Gasteiger partial charge in [0.25, 0.3) is 5.91 Å². The maximum atomic E-state index is 12.7. The Bertz CT molecular complexity index is 1070. The van der Waals surface area contributed by atoms with Crippen LogP contribution in [-0.2, 0) is 10.2 Å². The largest absolute Gasteiger partial charge is 0.383 e. The monoisotopic (exact) mass is 450 g/mol. The maximum Gasteiger partial charge on any atom is 0.254 e. The highest BCUT2D eigenvalue weighted by Crippen LogP contribution is 2.37. The summed E-state index contributed by atoms with van der Waals surface area (Å²) in [5.41, 5.74) is 1.92. The predicted molar refractivity (Wildman–Crippen MR) is 126 cm³/mol. The average Bonchev–Trinajstić information content (AvgIpc) is 3.61. The maximum absolute atomic E-state index is 12.7. The Kier molecular flexibility index (Phi) is 6.66. The SMILES string of the molecule is CC(=O)N[C@@H]1C#CC[C@](CNc2ccncc2C(=O)NCC2CC2)(c2cccc(Cl)c2)C1. The molecule has 0 aliphatic heterocycles. The van der Waals surface area contributed by atoms with Crippen molar-refractivity contribution in [2.75, 3.05) is 18.4 Å². The number of hydrogen-bond donors (Lipinski definition) is 3. The third-order valence-electron chi connectivity index (χ3n) is 6.04.